The first-order chi connectivity index (χ1) is 11.5. The molecule has 1 aliphatic rings. The van der Waals surface area contributed by atoms with E-state index < -0.39 is 6.10 Å². The van der Waals surface area contributed by atoms with Crippen molar-refractivity contribution in [1.82, 2.24) is 4.90 Å². The SMILES string of the molecule is Cc1ccc(N2CCN(CC(O)c3cccc(Cl)c3)CC2)c(C)c1. The smallest absolute Gasteiger partial charge is 0.0917 e. The molecule has 24 heavy (non-hydrogen) atoms. The van der Waals surface area contributed by atoms with Crippen LogP contribution in [0, 0.1) is 13.8 Å². The Morgan fingerprint density at radius 3 is 2.46 bits per heavy atom. The topological polar surface area (TPSA) is 26.7 Å². The highest BCUT2D eigenvalue weighted by Gasteiger charge is 2.21. The van der Waals surface area contributed by atoms with E-state index in [0.29, 0.717) is 11.6 Å². The fraction of sp³-hybridized carbons (Fsp3) is 0.400. The minimum absolute atomic E-state index is 0.489. The molecule has 1 heterocycles. The molecule has 3 nitrogen and oxygen atoms in total. The monoisotopic (exact) mass is 344 g/mol. The summed E-state index contributed by atoms with van der Waals surface area (Å²) in [5.41, 5.74) is 4.86. The number of hydrogen-bond acceptors (Lipinski definition) is 3. The van der Waals surface area contributed by atoms with Crippen LogP contribution in [-0.4, -0.2) is 42.7 Å². The molecule has 3 rings (SSSR count). The van der Waals surface area contributed by atoms with E-state index >= 15 is 0 Å². The molecule has 1 aliphatic heterocycles. The van der Waals surface area contributed by atoms with Gasteiger partial charge in [-0.1, -0.05) is 41.4 Å². The highest BCUT2D eigenvalue weighted by atomic mass is 35.5. The molecule has 0 spiro atoms. The molecule has 2 aromatic carbocycles. The summed E-state index contributed by atoms with van der Waals surface area (Å²) >= 11 is 6.01. The Hall–Kier alpha value is -1.55. The summed E-state index contributed by atoms with van der Waals surface area (Å²) in [6, 6.07) is 14.1. The second-order valence-electron chi connectivity index (χ2n) is 6.65. The molecule has 0 aromatic heterocycles. The van der Waals surface area contributed by atoms with Crippen LogP contribution >= 0.6 is 11.6 Å². The molecule has 1 atom stereocenters. The van der Waals surface area contributed by atoms with Gasteiger partial charge in [0.1, 0.15) is 0 Å². The standard InChI is InChI=1S/C20H25ClN2O/c1-15-6-7-19(16(2)12-15)23-10-8-22(9-11-23)14-20(24)17-4-3-5-18(21)13-17/h3-7,12-13,20,24H,8-11,14H2,1-2H3. The predicted octanol–water partition coefficient (Wildman–Crippen LogP) is 3.81. The van der Waals surface area contributed by atoms with Crippen molar-refractivity contribution in [2.24, 2.45) is 0 Å². The van der Waals surface area contributed by atoms with Gasteiger partial charge in [0.2, 0.25) is 0 Å². The van der Waals surface area contributed by atoms with Gasteiger partial charge in [-0.05, 0) is 43.2 Å². The summed E-state index contributed by atoms with van der Waals surface area (Å²) in [6.07, 6.45) is -0.489. The summed E-state index contributed by atoms with van der Waals surface area (Å²) in [6.45, 7) is 8.87. The number of aryl methyl sites for hydroxylation is 2. The van der Waals surface area contributed by atoms with E-state index in [9.17, 15) is 5.11 Å². The van der Waals surface area contributed by atoms with Crippen LogP contribution in [0.15, 0.2) is 42.5 Å². The van der Waals surface area contributed by atoms with Gasteiger partial charge in [0.25, 0.3) is 0 Å². The highest BCUT2D eigenvalue weighted by Crippen LogP contribution is 2.24. The first-order valence-corrected chi connectivity index (χ1v) is 8.89. The Balaban J connectivity index is 1.57. The van der Waals surface area contributed by atoms with E-state index in [-0.39, 0.29) is 0 Å². The minimum Gasteiger partial charge on any atom is -0.387 e. The zero-order valence-electron chi connectivity index (χ0n) is 14.4. The summed E-state index contributed by atoms with van der Waals surface area (Å²) in [7, 11) is 0. The Labute approximate surface area is 149 Å². The third-order valence-electron chi connectivity index (χ3n) is 4.73. The number of benzene rings is 2. The lowest BCUT2D eigenvalue weighted by Crippen LogP contribution is -2.47. The fourth-order valence-electron chi connectivity index (χ4n) is 3.40. The number of rotatable bonds is 4. The third kappa shape index (κ3) is 4.10. The quantitative estimate of drug-likeness (QED) is 0.913. The second kappa shape index (κ2) is 7.56. The van der Waals surface area contributed by atoms with Crippen molar-refractivity contribution in [3.8, 4) is 0 Å². The van der Waals surface area contributed by atoms with Gasteiger partial charge in [-0.15, -0.1) is 0 Å². The van der Waals surface area contributed by atoms with Gasteiger partial charge >= 0.3 is 0 Å². The number of piperazine rings is 1. The van der Waals surface area contributed by atoms with Gasteiger partial charge < -0.3 is 10.0 Å². The van der Waals surface area contributed by atoms with Crippen LogP contribution < -0.4 is 4.90 Å². The molecule has 0 amide bonds. The number of nitrogens with zero attached hydrogens (tertiary/aromatic N) is 2. The normalized spacial score (nSPS) is 17.1. The van der Waals surface area contributed by atoms with Crippen LogP contribution in [0.5, 0.6) is 0 Å². The van der Waals surface area contributed by atoms with Gasteiger partial charge in [0, 0.05) is 43.4 Å². The van der Waals surface area contributed by atoms with Crippen LogP contribution in [0.1, 0.15) is 22.8 Å². The summed E-state index contributed by atoms with van der Waals surface area (Å²) < 4.78 is 0. The number of hydrogen-bond donors (Lipinski definition) is 1. The van der Waals surface area contributed by atoms with Gasteiger partial charge in [0.15, 0.2) is 0 Å². The lowest BCUT2D eigenvalue weighted by molar-refractivity contribution is 0.109. The average Bonchev–Trinajstić information content (AvgIpc) is 2.56. The first kappa shape index (κ1) is 17.3. The average molecular weight is 345 g/mol. The second-order valence-corrected chi connectivity index (χ2v) is 7.08. The molecular formula is C20H25ClN2O. The first-order valence-electron chi connectivity index (χ1n) is 8.51. The number of aliphatic hydroxyl groups excluding tert-OH is 1. The molecule has 0 aliphatic carbocycles. The van der Waals surface area contributed by atoms with Crippen molar-refractivity contribution in [2.75, 3.05) is 37.6 Å². The van der Waals surface area contributed by atoms with Crippen molar-refractivity contribution in [2.45, 2.75) is 20.0 Å². The Kier molecular flexibility index (Phi) is 5.44. The molecule has 1 saturated heterocycles. The van der Waals surface area contributed by atoms with Gasteiger partial charge in [-0.3, -0.25) is 4.90 Å². The Morgan fingerprint density at radius 1 is 1.04 bits per heavy atom. The largest absolute Gasteiger partial charge is 0.387 e. The van der Waals surface area contributed by atoms with Crippen LogP contribution in [0.4, 0.5) is 5.69 Å². The van der Waals surface area contributed by atoms with Crippen molar-refractivity contribution < 1.29 is 5.11 Å². The number of β-amino-alcohol motifs (C(OH)–C–C–N with tert-alkyl or cyclic N) is 1. The molecule has 1 N–H and O–H groups in total. The van der Waals surface area contributed by atoms with E-state index in [1.807, 2.05) is 24.3 Å². The van der Waals surface area contributed by atoms with Crippen LogP contribution in [0.3, 0.4) is 0 Å². The van der Waals surface area contributed by atoms with Gasteiger partial charge in [0.05, 0.1) is 6.10 Å². The Bertz CT molecular complexity index is 696. The van der Waals surface area contributed by atoms with Crippen molar-refractivity contribution in [1.29, 1.82) is 0 Å². The van der Waals surface area contributed by atoms with Crippen LogP contribution in [0.25, 0.3) is 0 Å². The van der Waals surface area contributed by atoms with Crippen molar-refractivity contribution in [3.05, 3.63) is 64.2 Å². The molecule has 128 valence electrons. The van der Waals surface area contributed by atoms with Crippen LogP contribution in [-0.2, 0) is 0 Å². The maximum absolute atomic E-state index is 10.4. The summed E-state index contributed by atoms with van der Waals surface area (Å²) in [5.74, 6) is 0. The Morgan fingerprint density at radius 2 is 1.79 bits per heavy atom. The van der Waals surface area contributed by atoms with Gasteiger partial charge in [-0.2, -0.15) is 0 Å². The molecule has 0 saturated carbocycles. The van der Waals surface area contributed by atoms with E-state index in [1.54, 1.807) is 0 Å². The summed E-state index contributed by atoms with van der Waals surface area (Å²) in [5, 5.41) is 11.1. The molecule has 4 heteroatoms. The van der Waals surface area contributed by atoms with Crippen molar-refractivity contribution in [3.63, 3.8) is 0 Å². The van der Waals surface area contributed by atoms with E-state index in [1.165, 1.54) is 16.8 Å². The maximum Gasteiger partial charge on any atom is 0.0917 e. The highest BCUT2D eigenvalue weighted by molar-refractivity contribution is 6.30. The zero-order valence-corrected chi connectivity index (χ0v) is 15.1. The van der Waals surface area contributed by atoms with Crippen molar-refractivity contribution >= 4 is 17.3 Å². The molecule has 0 radical (unpaired) electrons. The fourth-order valence-corrected chi connectivity index (χ4v) is 3.59. The molecule has 1 fully saturated rings. The number of halogens is 1. The molecule has 0 bridgehead atoms. The number of aliphatic hydroxyl groups is 1. The predicted molar refractivity (Wildman–Crippen MR) is 101 cm³/mol. The van der Waals surface area contributed by atoms with E-state index in [4.69, 9.17) is 11.6 Å². The van der Waals surface area contributed by atoms with E-state index in [0.717, 1.165) is 31.7 Å². The molecular weight excluding hydrogens is 320 g/mol. The lowest BCUT2D eigenvalue weighted by Gasteiger charge is -2.37. The number of anilines is 1. The summed E-state index contributed by atoms with van der Waals surface area (Å²) in [4.78, 5) is 4.77. The van der Waals surface area contributed by atoms with Crippen LogP contribution in [0.2, 0.25) is 5.02 Å². The molecule has 2 aromatic rings. The third-order valence-corrected chi connectivity index (χ3v) is 4.96. The molecule has 1 unspecified atom stereocenters. The zero-order chi connectivity index (χ0) is 17.1. The van der Waals surface area contributed by atoms with Gasteiger partial charge in [-0.25, -0.2) is 0 Å². The lowest BCUT2D eigenvalue weighted by atomic mass is 10.1. The van der Waals surface area contributed by atoms with E-state index in [2.05, 4.69) is 41.8 Å². The minimum atomic E-state index is -0.489. The maximum atomic E-state index is 10.4.